The van der Waals surface area contributed by atoms with Crippen molar-refractivity contribution in [3.63, 3.8) is 0 Å². The molecule has 0 aliphatic rings. The van der Waals surface area contributed by atoms with Gasteiger partial charge in [-0.1, -0.05) is 6.08 Å². The average molecular weight is 134 g/mol. The molecule has 0 radical (unpaired) electrons. The Hall–Kier alpha value is -1.31. The van der Waals surface area contributed by atoms with Crippen LogP contribution in [0.4, 0.5) is 5.69 Å². The summed E-state index contributed by atoms with van der Waals surface area (Å²) in [6.45, 7) is 4.38. The van der Waals surface area contributed by atoms with Gasteiger partial charge in [0, 0.05) is 18.9 Å². The van der Waals surface area contributed by atoms with Crippen molar-refractivity contribution in [1.82, 2.24) is 4.98 Å². The number of rotatable bonds is 3. The van der Waals surface area contributed by atoms with Gasteiger partial charge in [0.2, 0.25) is 0 Å². The van der Waals surface area contributed by atoms with E-state index in [1.165, 1.54) is 0 Å². The van der Waals surface area contributed by atoms with Gasteiger partial charge in [0.1, 0.15) is 0 Å². The van der Waals surface area contributed by atoms with Gasteiger partial charge in [-0.25, -0.2) is 0 Å². The van der Waals surface area contributed by atoms with Crippen LogP contribution in [0.25, 0.3) is 0 Å². The number of anilines is 1. The van der Waals surface area contributed by atoms with Gasteiger partial charge >= 0.3 is 0 Å². The second kappa shape index (κ2) is 3.67. The van der Waals surface area contributed by atoms with Gasteiger partial charge in [-0.05, 0) is 12.1 Å². The molecule has 52 valence electrons. The van der Waals surface area contributed by atoms with Crippen molar-refractivity contribution in [1.29, 1.82) is 0 Å². The van der Waals surface area contributed by atoms with E-state index >= 15 is 0 Å². The third kappa shape index (κ3) is 1.90. The lowest BCUT2D eigenvalue weighted by molar-refractivity contribution is 1.27. The fourth-order valence-corrected chi connectivity index (χ4v) is 0.657. The highest BCUT2D eigenvalue weighted by Crippen LogP contribution is 2.00. The number of nitrogens with zero attached hydrogens (tertiary/aromatic N) is 1. The lowest BCUT2D eigenvalue weighted by Crippen LogP contribution is -1.96. The molecule has 1 aromatic heterocycles. The van der Waals surface area contributed by atoms with Gasteiger partial charge < -0.3 is 5.32 Å². The first-order valence-corrected chi connectivity index (χ1v) is 3.18. The predicted octanol–water partition coefficient (Wildman–Crippen LogP) is 1.68. The maximum Gasteiger partial charge on any atom is 0.0529 e. The first kappa shape index (κ1) is 6.81. The SMILES string of the molecule is C=CCNc1cccnc1. The summed E-state index contributed by atoms with van der Waals surface area (Å²) in [6.07, 6.45) is 5.34. The quantitative estimate of drug-likeness (QED) is 0.636. The molecule has 1 rings (SSSR count). The van der Waals surface area contributed by atoms with Crippen LogP contribution in [-0.2, 0) is 0 Å². The van der Waals surface area contributed by atoms with Gasteiger partial charge in [-0.2, -0.15) is 0 Å². The van der Waals surface area contributed by atoms with Crippen LogP contribution in [0, 0.1) is 0 Å². The van der Waals surface area contributed by atoms with Crippen molar-refractivity contribution in [3.8, 4) is 0 Å². The van der Waals surface area contributed by atoms with Crippen LogP contribution in [0.5, 0.6) is 0 Å². The fourth-order valence-electron chi connectivity index (χ4n) is 0.657. The maximum absolute atomic E-state index is 3.94. The number of hydrogen-bond acceptors (Lipinski definition) is 2. The lowest BCUT2D eigenvalue weighted by atomic mass is 10.4. The molecule has 2 heteroatoms. The molecule has 0 spiro atoms. The number of hydrogen-bond donors (Lipinski definition) is 1. The lowest BCUT2D eigenvalue weighted by Gasteiger charge is -1.99. The Morgan fingerprint density at radius 1 is 1.70 bits per heavy atom. The minimum absolute atomic E-state index is 0.783. The van der Waals surface area contributed by atoms with E-state index in [0.717, 1.165) is 12.2 Å². The molecule has 1 heterocycles. The topological polar surface area (TPSA) is 24.9 Å². The summed E-state index contributed by atoms with van der Waals surface area (Å²) in [4.78, 5) is 3.94. The van der Waals surface area contributed by atoms with Gasteiger partial charge in [0.05, 0.1) is 5.69 Å². The van der Waals surface area contributed by atoms with Crippen LogP contribution in [0.2, 0.25) is 0 Å². The summed E-state index contributed by atoms with van der Waals surface area (Å²) in [5, 5.41) is 3.11. The second-order valence-corrected chi connectivity index (χ2v) is 1.91. The molecule has 1 N–H and O–H groups in total. The smallest absolute Gasteiger partial charge is 0.0529 e. The number of aromatic nitrogens is 1. The van der Waals surface area contributed by atoms with Crippen LogP contribution in [0.3, 0.4) is 0 Å². The van der Waals surface area contributed by atoms with Crippen molar-refractivity contribution in [2.24, 2.45) is 0 Å². The van der Waals surface area contributed by atoms with Crippen molar-refractivity contribution in [3.05, 3.63) is 37.2 Å². The zero-order valence-electron chi connectivity index (χ0n) is 5.75. The molecular weight excluding hydrogens is 124 g/mol. The standard InChI is InChI=1S/C8H10N2/c1-2-5-10-8-4-3-6-9-7-8/h2-4,6-7,10H,1,5H2. The van der Waals surface area contributed by atoms with Gasteiger partial charge in [0.15, 0.2) is 0 Å². The molecule has 0 unspecified atom stereocenters. The molecule has 0 amide bonds. The van der Waals surface area contributed by atoms with Gasteiger partial charge in [-0.15, -0.1) is 6.58 Å². The maximum atomic E-state index is 3.94. The molecule has 0 saturated heterocycles. The van der Waals surface area contributed by atoms with E-state index in [1.54, 1.807) is 12.4 Å². The van der Waals surface area contributed by atoms with Crippen LogP contribution in [0.1, 0.15) is 0 Å². The zero-order valence-corrected chi connectivity index (χ0v) is 5.75. The molecule has 0 saturated carbocycles. The van der Waals surface area contributed by atoms with Gasteiger partial charge in [0.25, 0.3) is 0 Å². The summed E-state index contributed by atoms with van der Waals surface area (Å²) >= 11 is 0. The molecule has 0 aromatic carbocycles. The third-order valence-corrected chi connectivity index (χ3v) is 1.11. The summed E-state index contributed by atoms with van der Waals surface area (Å²) in [5.41, 5.74) is 1.03. The van der Waals surface area contributed by atoms with E-state index in [4.69, 9.17) is 0 Å². The second-order valence-electron chi connectivity index (χ2n) is 1.91. The highest BCUT2D eigenvalue weighted by atomic mass is 14.9. The Bertz CT molecular complexity index is 194. The Morgan fingerprint density at radius 2 is 2.60 bits per heavy atom. The largest absolute Gasteiger partial charge is 0.380 e. The first-order valence-electron chi connectivity index (χ1n) is 3.18. The van der Waals surface area contributed by atoms with Crippen molar-refractivity contribution in [2.75, 3.05) is 11.9 Å². The summed E-state index contributed by atoms with van der Waals surface area (Å²) in [7, 11) is 0. The summed E-state index contributed by atoms with van der Waals surface area (Å²) in [6, 6.07) is 3.86. The highest BCUT2D eigenvalue weighted by molar-refractivity contribution is 5.39. The molecule has 0 bridgehead atoms. The van der Waals surface area contributed by atoms with Crippen LogP contribution in [-0.4, -0.2) is 11.5 Å². The summed E-state index contributed by atoms with van der Waals surface area (Å²) < 4.78 is 0. The Morgan fingerprint density at radius 3 is 3.20 bits per heavy atom. The summed E-state index contributed by atoms with van der Waals surface area (Å²) in [5.74, 6) is 0. The number of nitrogens with one attached hydrogen (secondary N) is 1. The fraction of sp³-hybridized carbons (Fsp3) is 0.125. The van der Waals surface area contributed by atoms with Crippen molar-refractivity contribution in [2.45, 2.75) is 0 Å². The minimum Gasteiger partial charge on any atom is -0.380 e. The third-order valence-electron chi connectivity index (χ3n) is 1.11. The van der Waals surface area contributed by atoms with E-state index in [0.29, 0.717) is 0 Å². The minimum atomic E-state index is 0.783. The highest BCUT2D eigenvalue weighted by Gasteiger charge is 1.83. The number of pyridine rings is 1. The molecule has 2 nitrogen and oxygen atoms in total. The Kier molecular flexibility index (Phi) is 2.49. The average Bonchev–Trinajstić information content (AvgIpc) is 2.03. The van der Waals surface area contributed by atoms with E-state index < -0.39 is 0 Å². The molecule has 0 aliphatic heterocycles. The van der Waals surface area contributed by atoms with E-state index in [9.17, 15) is 0 Å². The molecule has 0 atom stereocenters. The molecule has 10 heavy (non-hydrogen) atoms. The van der Waals surface area contributed by atoms with Gasteiger partial charge in [-0.3, -0.25) is 4.98 Å². The van der Waals surface area contributed by atoms with Crippen molar-refractivity contribution >= 4 is 5.69 Å². The van der Waals surface area contributed by atoms with E-state index in [-0.39, 0.29) is 0 Å². The molecule has 0 fully saturated rings. The van der Waals surface area contributed by atoms with Crippen LogP contribution >= 0.6 is 0 Å². The predicted molar refractivity (Wildman–Crippen MR) is 42.9 cm³/mol. The molecule has 1 aromatic rings. The van der Waals surface area contributed by atoms with E-state index in [1.807, 2.05) is 18.2 Å². The Balaban J connectivity index is 2.50. The first-order chi connectivity index (χ1) is 4.93. The Labute approximate surface area is 60.6 Å². The van der Waals surface area contributed by atoms with Crippen LogP contribution in [0.15, 0.2) is 37.2 Å². The molecular formula is C8H10N2. The monoisotopic (exact) mass is 134 g/mol. The van der Waals surface area contributed by atoms with Crippen LogP contribution < -0.4 is 5.32 Å². The molecule has 0 aliphatic carbocycles. The van der Waals surface area contributed by atoms with Crippen molar-refractivity contribution < 1.29 is 0 Å². The normalized spacial score (nSPS) is 8.80. The zero-order chi connectivity index (χ0) is 7.23. The van der Waals surface area contributed by atoms with E-state index in [2.05, 4.69) is 16.9 Å².